The van der Waals surface area contributed by atoms with Gasteiger partial charge in [-0.15, -0.1) is 22.9 Å². The predicted molar refractivity (Wildman–Crippen MR) is 68.5 cm³/mol. The molecule has 0 bridgehead atoms. The van der Waals surface area contributed by atoms with E-state index in [1.807, 2.05) is 0 Å². The summed E-state index contributed by atoms with van der Waals surface area (Å²) in [5.74, 6) is 0.604. The van der Waals surface area contributed by atoms with Gasteiger partial charge in [0.05, 0.1) is 3.79 Å². The summed E-state index contributed by atoms with van der Waals surface area (Å²) >= 11 is 11.2. The van der Waals surface area contributed by atoms with Crippen LogP contribution in [0.1, 0.15) is 18.1 Å². The van der Waals surface area contributed by atoms with Crippen LogP contribution in [0.15, 0.2) is 22.0 Å². The van der Waals surface area contributed by atoms with Gasteiger partial charge in [-0.3, -0.25) is 0 Å². The third-order valence-corrected chi connectivity index (χ3v) is 4.22. The Bertz CT molecular complexity index is 421. The van der Waals surface area contributed by atoms with E-state index in [9.17, 15) is 0 Å². The SMILES string of the molecule is CCc1cc2sc(Br)cc2cc1CCl. The lowest BCUT2D eigenvalue weighted by Crippen LogP contribution is -1.88. The van der Waals surface area contributed by atoms with Gasteiger partial charge in [-0.05, 0) is 57.1 Å². The van der Waals surface area contributed by atoms with Gasteiger partial charge >= 0.3 is 0 Å². The Balaban J connectivity index is 2.68. The molecule has 1 aromatic heterocycles. The Morgan fingerprint density at radius 1 is 1.29 bits per heavy atom. The Labute approximate surface area is 101 Å². The highest BCUT2D eigenvalue weighted by molar-refractivity contribution is 9.11. The van der Waals surface area contributed by atoms with Crippen molar-refractivity contribution in [1.29, 1.82) is 0 Å². The molecule has 2 aromatic rings. The van der Waals surface area contributed by atoms with Crippen molar-refractivity contribution in [2.75, 3.05) is 0 Å². The fourth-order valence-electron chi connectivity index (χ4n) is 1.60. The number of halogens is 2. The maximum Gasteiger partial charge on any atom is 0.0711 e. The smallest absolute Gasteiger partial charge is 0.0711 e. The zero-order valence-electron chi connectivity index (χ0n) is 7.81. The van der Waals surface area contributed by atoms with E-state index in [2.05, 4.69) is 41.1 Å². The van der Waals surface area contributed by atoms with E-state index >= 15 is 0 Å². The quantitative estimate of drug-likeness (QED) is 0.685. The maximum absolute atomic E-state index is 5.91. The number of hydrogen-bond donors (Lipinski definition) is 0. The molecule has 0 saturated heterocycles. The minimum Gasteiger partial charge on any atom is -0.128 e. The predicted octanol–water partition coefficient (Wildman–Crippen LogP) is 4.97. The molecule has 3 heteroatoms. The molecule has 0 saturated carbocycles. The zero-order valence-corrected chi connectivity index (χ0v) is 11.0. The molecule has 1 aromatic carbocycles. The van der Waals surface area contributed by atoms with E-state index < -0.39 is 0 Å². The van der Waals surface area contributed by atoms with Gasteiger partial charge in [-0.1, -0.05) is 6.92 Å². The molecule has 0 atom stereocenters. The summed E-state index contributed by atoms with van der Waals surface area (Å²) in [4.78, 5) is 0. The summed E-state index contributed by atoms with van der Waals surface area (Å²) in [7, 11) is 0. The topological polar surface area (TPSA) is 0 Å². The third kappa shape index (κ3) is 1.83. The third-order valence-electron chi connectivity index (χ3n) is 2.33. The molecule has 0 unspecified atom stereocenters. The number of benzene rings is 1. The van der Waals surface area contributed by atoms with Gasteiger partial charge in [0, 0.05) is 10.6 Å². The highest BCUT2D eigenvalue weighted by atomic mass is 79.9. The second-order valence-corrected chi connectivity index (χ2v) is 5.93. The van der Waals surface area contributed by atoms with Crippen molar-refractivity contribution < 1.29 is 0 Å². The highest BCUT2D eigenvalue weighted by Gasteiger charge is 2.05. The summed E-state index contributed by atoms with van der Waals surface area (Å²) in [6.45, 7) is 2.17. The number of alkyl halides is 1. The molecule has 0 nitrogen and oxygen atoms in total. The van der Waals surface area contributed by atoms with Crippen molar-refractivity contribution in [2.24, 2.45) is 0 Å². The fourth-order valence-corrected chi connectivity index (χ4v) is 3.45. The zero-order chi connectivity index (χ0) is 10.1. The first-order chi connectivity index (χ1) is 6.74. The van der Waals surface area contributed by atoms with E-state index in [0.29, 0.717) is 5.88 Å². The molecule has 74 valence electrons. The molecule has 0 radical (unpaired) electrons. The molecular weight excluding hydrogens is 280 g/mol. The monoisotopic (exact) mass is 288 g/mol. The van der Waals surface area contributed by atoms with Gasteiger partial charge in [-0.2, -0.15) is 0 Å². The first-order valence-electron chi connectivity index (χ1n) is 4.51. The van der Waals surface area contributed by atoms with Crippen LogP contribution in [-0.4, -0.2) is 0 Å². The van der Waals surface area contributed by atoms with Gasteiger partial charge in [0.2, 0.25) is 0 Å². The van der Waals surface area contributed by atoms with E-state index in [-0.39, 0.29) is 0 Å². The second kappa shape index (κ2) is 4.21. The maximum atomic E-state index is 5.91. The lowest BCUT2D eigenvalue weighted by atomic mass is 10.0. The lowest BCUT2D eigenvalue weighted by Gasteiger charge is -2.04. The van der Waals surface area contributed by atoms with Crippen LogP contribution < -0.4 is 0 Å². The number of aryl methyl sites for hydroxylation is 1. The van der Waals surface area contributed by atoms with Crippen LogP contribution in [-0.2, 0) is 12.3 Å². The van der Waals surface area contributed by atoms with E-state index in [1.54, 1.807) is 11.3 Å². The fraction of sp³-hybridized carbons (Fsp3) is 0.273. The summed E-state index contributed by atoms with van der Waals surface area (Å²) in [6.07, 6.45) is 1.05. The molecule has 0 aliphatic carbocycles. The summed E-state index contributed by atoms with van der Waals surface area (Å²) in [5.41, 5.74) is 2.62. The Hall–Kier alpha value is -0.0500. The molecule has 0 fully saturated rings. The van der Waals surface area contributed by atoms with Crippen LogP contribution in [0.5, 0.6) is 0 Å². The van der Waals surface area contributed by atoms with Crippen molar-refractivity contribution in [2.45, 2.75) is 19.2 Å². The van der Waals surface area contributed by atoms with Crippen molar-refractivity contribution in [3.05, 3.63) is 33.1 Å². The van der Waals surface area contributed by atoms with Crippen LogP contribution in [0.3, 0.4) is 0 Å². The van der Waals surface area contributed by atoms with Gasteiger partial charge in [0.25, 0.3) is 0 Å². The molecule has 0 spiro atoms. The average Bonchev–Trinajstić information content (AvgIpc) is 2.54. The van der Waals surface area contributed by atoms with Gasteiger partial charge in [-0.25, -0.2) is 0 Å². The van der Waals surface area contributed by atoms with Crippen LogP contribution in [0, 0.1) is 0 Å². The Morgan fingerprint density at radius 3 is 2.71 bits per heavy atom. The van der Waals surface area contributed by atoms with Gasteiger partial charge < -0.3 is 0 Å². The van der Waals surface area contributed by atoms with Crippen LogP contribution in [0.25, 0.3) is 10.1 Å². The number of rotatable bonds is 2. The molecule has 14 heavy (non-hydrogen) atoms. The molecule has 2 rings (SSSR count). The summed E-state index contributed by atoms with van der Waals surface area (Å²) in [6, 6.07) is 6.60. The van der Waals surface area contributed by atoms with Crippen molar-refractivity contribution in [3.8, 4) is 0 Å². The Kier molecular flexibility index (Phi) is 3.15. The second-order valence-electron chi connectivity index (χ2n) is 3.20. The average molecular weight is 290 g/mol. The van der Waals surface area contributed by atoms with Crippen LogP contribution in [0.2, 0.25) is 0 Å². The number of hydrogen-bond acceptors (Lipinski definition) is 1. The normalized spacial score (nSPS) is 11.1. The molecule has 0 aliphatic rings. The van der Waals surface area contributed by atoms with Crippen LogP contribution in [0.4, 0.5) is 0 Å². The first kappa shape index (κ1) is 10.5. The first-order valence-corrected chi connectivity index (χ1v) is 6.65. The summed E-state index contributed by atoms with van der Waals surface area (Å²) < 4.78 is 2.52. The van der Waals surface area contributed by atoms with E-state index in [0.717, 1.165) is 6.42 Å². The van der Waals surface area contributed by atoms with E-state index in [1.165, 1.54) is 25.0 Å². The molecule has 0 amide bonds. The van der Waals surface area contributed by atoms with Crippen molar-refractivity contribution >= 4 is 49.0 Å². The summed E-state index contributed by atoms with van der Waals surface area (Å²) in [5, 5.41) is 1.29. The lowest BCUT2D eigenvalue weighted by molar-refractivity contribution is 1.11. The van der Waals surface area contributed by atoms with Crippen molar-refractivity contribution in [3.63, 3.8) is 0 Å². The minimum absolute atomic E-state index is 0.604. The minimum atomic E-state index is 0.604. The number of thiophene rings is 1. The van der Waals surface area contributed by atoms with Gasteiger partial charge in [0.15, 0.2) is 0 Å². The largest absolute Gasteiger partial charge is 0.128 e. The van der Waals surface area contributed by atoms with E-state index in [4.69, 9.17) is 11.6 Å². The highest BCUT2D eigenvalue weighted by Crippen LogP contribution is 2.32. The molecular formula is C11H10BrClS. The van der Waals surface area contributed by atoms with Crippen molar-refractivity contribution in [1.82, 2.24) is 0 Å². The van der Waals surface area contributed by atoms with Gasteiger partial charge in [0.1, 0.15) is 0 Å². The Morgan fingerprint density at radius 2 is 2.07 bits per heavy atom. The standard InChI is InChI=1S/C11H10BrClS/c1-2-7-4-10-8(3-9(7)6-13)5-11(12)14-10/h3-5H,2,6H2,1H3. The molecule has 1 heterocycles. The molecule has 0 N–H and O–H groups in total. The van der Waals surface area contributed by atoms with Crippen LogP contribution >= 0.6 is 38.9 Å². The molecule has 0 aliphatic heterocycles. The number of fused-ring (bicyclic) bond motifs is 1.